The molecule has 2 aromatic carbocycles. The molecule has 0 atom stereocenters. The van der Waals surface area contributed by atoms with Crippen molar-refractivity contribution in [3.63, 3.8) is 0 Å². The lowest BCUT2D eigenvalue weighted by Crippen LogP contribution is -2.05. The summed E-state index contributed by atoms with van der Waals surface area (Å²) < 4.78 is 35.4. The predicted octanol–water partition coefficient (Wildman–Crippen LogP) is 4.24. The Morgan fingerprint density at radius 3 is 2.60 bits per heavy atom. The van der Waals surface area contributed by atoms with Gasteiger partial charge in [-0.15, -0.1) is 0 Å². The molecule has 0 saturated heterocycles. The number of fused-ring (bicyclic) bond motifs is 1. The summed E-state index contributed by atoms with van der Waals surface area (Å²) in [6, 6.07) is 7.17. The summed E-state index contributed by atoms with van der Waals surface area (Å²) in [6.07, 6.45) is 0. The Kier molecular flexibility index (Phi) is 3.50. The van der Waals surface area contributed by atoms with Crippen molar-refractivity contribution >= 4 is 40.0 Å². The molecule has 102 valence electrons. The molecule has 1 heterocycles. The summed E-state index contributed by atoms with van der Waals surface area (Å²) in [5, 5.41) is 3.36. The predicted molar refractivity (Wildman–Crippen MR) is 76.1 cm³/mol. The van der Waals surface area contributed by atoms with Crippen molar-refractivity contribution in [3.05, 3.63) is 52.6 Å². The number of hydrogen-bond donors (Lipinski definition) is 1. The second-order valence-electron chi connectivity index (χ2n) is 4.11. The van der Waals surface area contributed by atoms with Crippen LogP contribution in [0.3, 0.4) is 0 Å². The smallest absolute Gasteiger partial charge is 0.131 e. The van der Waals surface area contributed by atoms with Crippen molar-refractivity contribution in [2.75, 3.05) is 5.32 Å². The van der Waals surface area contributed by atoms with E-state index < -0.39 is 11.6 Å². The molecule has 0 aliphatic carbocycles. The van der Waals surface area contributed by atoms with Crippen molar-refractivity contribution in [1.29, 1.82) is 0 Å². The fourth-order valence-corrected chi connectivity index (χ4v) is 2.63. The first kappa shape index (κ1) is 13.2. The summed E-state index contributed by atoms with van der Waals surface area (Å²) in [5.41, 5.74) is 1.78. The molecule has 7 heteroatoms. The number of hydrogen-bond acceptors (Lipinski definition) is 4. The number of halogens is 3. The Labute approximate surface area is 122 Å². The van der Waals surface area contributed by atoms with Gasteiger partial charge in [-0.25, -0.2) is 8.78 Å². The van der Waals surface area contributed by atoms with E-state index in [4.69, 9.17) is 11.6 Å². The first-order valence-electron chi connectivity index (χ1n) is 5.74. The molecule has 3 aromatic rings. The molecular weight excluding hydrogens is 304 g/mol. The first-order valence-corrected chi connectivity index (χ1v) is 6.85. The van der Waals surface area contributed by atoms with Gasteiger partial charge in [0.1, 0.15) is 22.7 Å². The molecule has 1 aromatic heterocycles. The monoisotopic (exact) mass is 311 g/mol. The fraction of sp³-hybridized carbons (Fsp3) is 0.0769. The highest BCUT2D eigenvalue weighted by molar-refractivity contribution is 7.00. The summed E-state index contributed by atoms with van der Waals surface area (Å²) in [6.45, 7) is -0.0190. The van der Waals surface area contributed by atoms with Crippen LogP contribution in [0.1, 0.15) is 5.56 Å². The van der Waals surface area contributed by atoms with Crippen molar-refractivity contribution in [3.8, 4) is 0 Å². The molecule has 0 saturated carbocycles. The number of nitrogens with one attached hydrogen (secondary N) is 1. The number of aromatic nitrogens is 2. The van der Waals surface area contributed by atoms with Crippen LogP contribution < -0.4 is 5.32 Å². The molecule has 0 spiro atoms. The molecule has 1 N–H and O–H groups in total. The third kappa shape index (κ3) is 2.32. The number of rotatable bonds is 3. The highest BCUT2D eigenvalue weighted by atomic mass is 35.5. The Balaban J connectivity index is 1.94. The lowest BCUT2D eigenvalue weighted by molar-refractivity contribution is 0.560. The van der Waals surface area contributed by atoms with Crippen molar-refractivity contribution < 1.29 is 8.78 Å². The van der Waals surface area contributed by atoms with E-state index in [0.29, 0.717) is 21.7 Å². The molecule has 0 aliphatic rings. The standard InChI is InChI=1S/C13H8ClF2N3S/c14-8-4-5-11-13(19-20-18-11)12(8)17-6-7-9(15)2-1-3-10(7)16/h1-5,17H,6H2. The normalized spacial score (nSPS) is 10.9. The van der Waals surface area contributed by atoms with Gasteiger partial charge in [0.25, 0.3) is 0 Å². The van der Waals surface area contributed by atoms with Crippen molar-refractivity contribution in [1.82, 2.24) is 8.75 Å². The van der Waals surface area contributed by atoms with Gasteiger partial charge in [-0.05, 0) is 24.3 Å². The van der Waals surface area contributed by atoms with E-state index in [1.54, 1.807) is 12.1 Å². The van der Waals surface area contributed by atoms with Gasteiger partial charge in [-0.3, -0.25) is 0 Å². The molecule has 3 nitrogen and oxygen atoms in total. The highest BCUT2D eigenvalue weighted by Gasteiger charge is 2.12. The zero-order valence-electron chi connectivity index (χ0n) is 10.0. The molecule has 20 heavy (non-hydrogen) atoms. The van der Waals surface area contributed by atoms with E-state index in [-0.39, 0.29) is 12.1 Å². The summed E-state index contributed by atoms with van der Waals surface area (Å²) in [4.78, 5) is 0. The average Bonchev–Trinajstić information content (AvgIpc) is 2.88. The fourth-order valence-electron chi connectivity index (χ4n) is 1.87. The van der Waals surface area contributed by atoms with Gasteiger partial charge in [-0.2, -0.15) is 8.75 Å². The van der Waals surface area contributed by atoms with Crippen LogP contribution in [-0.4, -0.2) is 8.75 Å². The third-order valence-corrected chi connectivity index (χ3v) is 3.74. The molecule has 0 unspecified atom stereocenters. The largest absolute Gasteiger partial charge is 0.378 e. The lowest BCUT2D eigenvalue weighted by atomic mass is 10.2. The number of nitrogens with zero attached hydrogens (tertiary/aromatic N) is 2. The minimum absolute atomic E-state index is 0.0190. The van der Waals surface area contributed by atoms with Crippen LogP contribution in [0.25, 0.3) is 11.0 Å². The summed E-state index contributed by atoms with van der Waals surface area (Å²) >= 11 is 7.15. The molecule has 0 aliphatic heterocycles. The van der Waals surface area contributed by atoms with Crippen LogP contribution in [0.4, 0.5) is 14.5 Å². The van der Waals surface area contributed by atoms with Crippen LogP contribution in [0.5, 0.6) is 0 Å². The van der Waals surface area contributed by atoms with Gasteiger partial charge in [-0.1, -0.05) is 17.7 Å². The van der Waals surface area contributed by atoms with E-state index in [2.05, 4.69) is 14.1 Å². The highest BCUT2D eigenvalue weighted by Crippen LogP contribution is 2.30. The number of benzene rings is 2. The molecule has 0 radical (unpaired) electrons. The van der Waals surface area contributed by atoms with Crippen LogP contribution in [-0.2, 0) is 6.54 Å². The van der Waals surface area contributed by atoms with Gasteiger partial charge in [0.05, 0.1) is 22.4 Å². The van der Waals surface area contributed by atoms with E-state index in [9.17, 15) is 8.78 Å². The average molecular weight is 312 g/mol. The van der Waals surface area contributed by atoms with Gasteiger partial charge in [0, 0.05) is 12.1 Å². The Morgan fingerprint density at radius 2 is 1.85 bits per heavy atom. The molecule has 0 amide bonds. The molecular formula is C13H8ClF2N3S. The minimum atomic E-state index is -0.600. The third-order valence-electron chi connectivity index (χ3n) is 2.88. The Bertz CT molecular complexity index is 755. The maximum atomic E-state index is 13.6. The first-order chi connectivity index (χ1) is 9.66. The Hall–Kier alpha value is -1.79. The van der Waals surface area contributed by atoms with E-state index in [0.717, 1.165) is 11.7 Å². The second-order valence-corrected chi connectivity index (χ2v) is 5.04. The summed E-state index contributed by atoms with van der Waals surface area (Å²) in [5.74, 6) is -1.20. The maximum Gasteiger partial charge on any atom is 0.131 e. The molecule has 0 bridgehead atoms. The van der Waals surface area contributed by atoms with E-state index in [1.807, 2.05) is 0 Å². The zero-order chi connectivity index (χ0) is 14.1. The number of anilines is 1. The molecule has 0 fully saturated rings. The van der Waals surface area contributed by atoms with E-state index in [1.165, 1.54) is 18.2 Å². The quantitative estimate of drug-likeness (QED) is 0.786. The topological polar surface area (TPSA) is 37.8 Å². The SMILES string of the molecule is Fc1cccc(F)c1CNc1c(Cl)ccc2nsnc12. The van der Waals surface area contributed by atoms with Crippen LogP contribution in [0, 0.1) is 11.6 Å². The van der Waals surface area contributed by atoms with Gasteiger partial charge < -0.3 is 5.32 Å². The molecule has 3 rings (SSSR count). The van der Waals surface area contributed by atoms with Gasteiger partial charge >= 0.3 is 0 Å². The van der Waals surface area contributed by atoms with Crippen LogP contribution in [0.15, 0.2) is 30.3 Å². The van der Waals surface area contributed by atoms with Gasteiger partial charge in [0.2, 0.25) is 0 Å². The van der Waals surface area contributed by atoms with Crippen LogP contribution >= 0.6 is 23.3 Å². The van der Waals surface area contributed by atoms with Crippen molar-refractivity contribution in [2.45, 2.75) is 6.54 Å². The zero-order valence-corrected chi connectivity index (χ0v) is 11.6. The maximum absolute atomic E-state index is 13.6. The van der Waals surface area contributed by atoms with E-state index >= 15 is 0 Å². The summed E-state index contributed by atoms with van der Waals surface area (Å²) in [7, 11) is 0. The minimum Gasteiger partial charge on any atom is -0.378 e. The van der Waals surface area contributed by atoms with Crippen LogP contribution in [0.2, 0.25) is 5.02 Å². The second kappa shape index (κ2) is 5.30. The van der Waals surface area contributed by atoms with Gasteiger partial charge in [0.15, 0.2) is 0 Å². The lowest BCUT2D eigenvalue weighted by Gasteiger charge is -2.10. The van der Waals surface area contributed by atoms with Crippen molar-refractivity contribution in [2.24, 2.45) is 0 Å². The Morgan fingerprint density at radius 1 is 1.10 bits per heavy atom.